The van der Waals surface area contributed by atoms with Crippen LogP contribution in [0, 0.1) is 29.6 Å². The van der Waals surface area contributed by atoms with Gasteiger partial charge in [-0.25, -0.2) is 4.79 Å². The molecule has 3 aliphatic rings. The van der Waals surface area contributed by atoms with E-state index in [1.807, 2.05) is 6.08 Å². The first-order chi connectivity index (χ1) is 13.8. The van der Waals surface area contributed by atoms with E-state index in [4.69, 9.17) is 9.84 Å². The second-order valence-corrected chi connectivity index (χ2v) is 9.36. The zero-order valence-corrected chi connectivity index (χ0v) is 18.5. The van der Waals surface area contributed by atoms with E-state index in [0.29, 0.717) is 35.7 Å². The van der Waals surface area contributed by atoms with Crippen molar-refractivity contribution in [3.63, 3.8) is 0 Å². The van der Waals surface area contributed by atoms with E-state index in [-0.39, 0.29) is 5.60 Å². The van der Waals surface area contributed by atoms with Crippen molar-refractivity contribution in [2.24, 2.45) is 29.6 Å². The van der Waals surface area contributed by atoms with E-state index >= 15 is 0 Å². The zero-order valence-electron chi connectivity index (χ0n) is 18.5. The average molecular weight is 397 g/mol. The highest BCUT2D eigenvalue weighted by Crippen LogP contribution is 2.57. The molecule has 0 amide bonds. The smallest absolute Gasteiger partial charge is 0.328 e. The lowest BCUT2D eigenvalue weighted by atomic mass is 9.59. The van der Waals surface area contributed by atoms with Crippen LogP contribution in [0.1, 0.15) is 53.9 Å². The minimum absolute atomic E-state index is 0.0842. The molecule has 1 heterocycles. The van der Waals surface area contributed by atoms with Crippen molar-refractivity contribution in [1.29, 1.82) is 0 Å². The van der Waals surface area contributed by atoms with Crippen LogP contribution in [0.4, 0.5) is 0 Å². The lowest BCUT2D eigenvalue weighted by Gasteiger charge is -2.44. The van der Waals surface area contributed by atoms with Gasteiger partial charge < -0.3 is 9.84 Å². The molecule has 3 nitrogen and oxygen atoms in total. The Morgan fingerprint density at radius 1 is 1.31 bits per heavy atom. The van der Waals surface area contributed by atoms with Gasteiger partial charge in [0.15, 0.2) is 0 Å². The first-order valence-corrected chi connectivity index (χ1v) is 11.0. The van der Waals surface area contributed by atoms with Gasteiger partial charge in [0.25, 0.3) is 0 Å². The molecule has 7 atom stereocenters. The summed E-state index contributed by atoms with van der Waals surface area (Å²) in [5.41, 5.74) is 2.89. The Labute approximate surface area is 175 Å². The van der Waals surface area contributed by atoms with Crippen molar-refractivity contribution in [1.82, 2.24) is 0 Å². The maximum absolute atomic E-state index is 10.6. The van der Waals surface area contributed by atoms with Crippen LogP contribution in [-0.2, 0) is 9.53 Å². The van der Waals surface area contributed by atoms with Gasteiger partial charge in [0.1, 0.15) is 0 Å². The number of epoxide rings is 1. The minimum atomic E-state index is -0.922. The molecule has 0 aromatic heterocycles. The fourth-order valence-corrected chi connectivity index (χ4v) is 5.67. The predicted molar refractivity (Wildman–Crippen MR) is 118 cm³/mol. The Balaban J connectivity index is 1.87. The van der Waals surface area contributed by atoms with Crippen LogP contribution < -0.4 is 0 Å². The Hall–Kier alpha value is -1.87. The molecule has 3 rings (SSSR count). The maximum Gasteiger partial charge on any atom is 0.328 e. The van der Waals surface area contributed by atoms with E-state index < -0.39 is 5.97 Å². The minimum Gasteiger partial charge on any atom is -0.478 e. The van der Waals surface area contributed by atoms with E-state index in [9.17, 15) is 4.79 Å². The molecule has 1 N–H and O–H groups in total. The molecule has 29 heavy (non-hydrogen) atoms. The van der Waals surface area contributed by atoms with Crippen LogP contribution in [-0.4, -0.2) is 22.8 Å². The Kier molecular flexibility index (Phi) is 6.68. The summed E-state index contributed by atoms with van der Waals surface area (Å²) in [6.45, 7) is 11.4. The summed E-state index contributed by atoms with van der Waals surface area (Å²) in [4.78, 5) is 10.6. The Morgan fingerprint density at radius 3 is 2.72 bits per heavy atom. The molecule has 0 spiro atoms. The van der Waals surface area contributed by atoms with E-state index in [1.165, 1.54) is 11.1 Å². The van der Waals surface area contributed by atoms with Crippen molar-refractivity contribution in [3.05, 3.63) is 59.8 Å². The molecular weight excluding hydrogens is 360 g/mol. The normalized spacial score (nSPS) is 38.2. The first kappa shape index (κ1) is 21.8. The molecule has 0 unspecified atom stereocenters. The Morgan fingerprint density at radius 2 is 2.03 bits per heavy atom. The van der Waals surface area contributed by atoms with Crippen LogP contribution in [0.25, 0.3) is 0 Å². The van der Waals surface area contributed by atoms with Crippen LogP contribution >= 0.6 is 0 Å². The maximum atomic E-state index is 10.6. The van der Waals surface area contributed by atoms with Crippen LogP contribution in [0.3, 0.4) is 0 Å². The number of hydrogen-bond acceptors (Lipinski definition) is 2. The largest absolute Gasteiger partial charge is 0.478 e. The third-order valence-electron chi connectivity index (χ3n) is 7.27. The standard InChI is InChI=1S/C26H36O3/c1-6-18(3)25-26(5,29-25)24-19(4)16-20-15-17(2)13-14-21(20)22(24)11-9-7-8-10-12-23(27)28/h7-13,16,18,20-22,24-25H,6,14-15H2,1-5H3,(H,27,28)/b8-7+,11-9+,12-10+/t18-,20+,21-,22+,24-,25-,26-/m1/s1. The molecular formula is C26H36O3. The van der Waals surface area contributed by atoms with Crippen molar-refractivity contribution in [2.45, 2.75) is 65.6 Å². The van der Waals surface area contributed by atoms with Crippen molar-refractivity contribution in [2.75, 3.05) is 0 Å². The lowest BCUT2D eigenvalue weighted by molar-refractivity contribution is -0.131. The molecule has 1 fully saturated rings. The van der Waals surface area contributed by atoms with Crippen LogP contribution in [0.2, 0.25) is 0 Å². The third-order valence-corrected chi connectivity index (χ3v) is 7.27. The van der Waals surface area contributed by atoms with Gasteiger partial charge in [0.05, 0.1) is 11.7 Å². The summed E-state index contributed by atoms with van der Waals surface area (Å²) in [7, 11) is 0. The van der Waals surface area contributed by atoms with Gasteiger partial charge in [-0.2, -0.15) is 0 Å². The topological polar surface area (TPSA) is 49.8 Å². The van der Waals surface area contributed by atoms with Gasteiger partial charge in [-0.3, -0.25) is 0 Å². The zero-order chi connectivity index (χ0) is 21.2. The van der Waals surface area contributed by atoms with Gasteiger partial charge in [-0.15, -0.1) is 0 Å². The number of carboxylic acids is 1. The van der Waals surface area contributed by atoms with Gasteiger partial charge in [-0.05, 0) is 57.3 Å². The predicted octanol–water partition coefficient (Wildman–Crippen LogP) is 6.11. The number of hydrogen-bond donors (Lipinski definition) is 1. The van der Waals surface area contributed by atoms with E-state index in [0.717, 1.165) is 25.3 Å². The van der Waals surface area contributed by atoms with Gasteiger partial charge >= 0.3 is 5.97 Å². The molecule has 2 aliphatic carbocycles. The fraction of sp³-hybridized carbons (Fsp3) is 0.577. The molecule has 0 aromatic carbocycles. The molecule has 0 saturated carbocycles. The van der Waals surface area contributed by atoms with E-state index in [2.05, 4.69) is 58.9 Å². The lowest BCUT2D eigenvalue weighted by Crippen LogP contribution is -2.41. The molecule has 0 aromatic rings. The summed E-state index contributed by atoms with van der Waals surface area (Å²) >= 11 is 0. The molecule has 0 radical (unpaired) electrons. The summed E-state index contributed by atoms with van der Waals surface area (Å²) in [5.74, 6) is 1.69. The van der Waals surface area contributed by atoms with Crippen molar-refractivity contribution >= 4 is 5.97 Å². The molecule has 158 valence electrons. The fourth-order valence-electron chi connectivity index (χ4n) is 5.67. The van der Waals surface area contributed by atoms with Gasteiger partial charge in [0, 0.05) is 12.0 Å². The van der Waals surface area contributed by atoms with Gasteiger partial charge in [-0.1, -0.05) is 73.9 Å². The average Bonchev–Trinajstić information content (AvgIpc) is 3.35. The molecule has 0 bridgehead atoms. The van der Waals surface area contributed by atoms with Crippen molar-refractivity contribution < 1.29 is 14.6 Å². The quantitative estimate of drug-likeness (QED) is 0.244. The number of carboxylic acid groups (broad SMARTS) is 1. The Bertz CT molecular complexity index is 769. The summed E-state index contributed by atoms with van der Waals surface area (Å²) in [5, 5.41) is 8.71. The SMILES string of the molecule is CC[C@@H](C)[C@H]1O[C@]1(C)[C@@H]1C(C)=C[C@@H]2CC(C)=CC[C@H]2[C@@H]1/C=C/C=C/C=C/C(=O)O. The number of allylic oxidation sites excluding steroid dienone is 8. The van der Waals surface area contributed by atoms with Gasteiger partial charge in [0.2, 0.25) is 0 Å². The number of aliphatic carboxylic acids is 1. The second-order valence-electron chi connectivity index (χ2n) is 9.36. The summed E-state index contributed by atoms with van der Waals surface area (Å²) in [6, 6.07) is 0. The first-order valence-electron chi connectivity index (χ1n) is 11.0. The number of fused-ring (bicyclic) bond motifs is 1. The van der Waals surface area contributed by atoms with Crippen molar-refractivity contribution in [3.8, 4) is 0 Å². The van der Waals surface area contributed by atoms with Crippen LogP contribution in [0.5, 0.6) is 0 Å². The molecule has 3 heteroatoms. The number of rotatable bonds is 7. The molecule has 1 saturated heterocycles. The second kappa shape index (κ2) is 8.87. The monoisotopic (exact) mass is 396 g/mol. The van der Waals surface area contributed by atoms with Crippen LogP contribution in [0.15, 0.2) is 59.8 Å². The number of carbonyl (C=O) groups is 1. The molecule has 1 aliphatic heterocycles. The third kappa shape index (κ3) is 4.66. The summed E-state index contributed by atoms with van der Waals surface area (Å²) < 4.78 is 6.38. The highest BCUT2D eigenvalue weighted by molar-refractivity contribution is 5.80. The summed E-state index contributed by atoms with van der Waals surface area (Å²) in [6.07, 6.45) is 19.6. The highest BCUT2D eigenvalue weighted by atomic mass is 16.6. The number of ether oxygens (including phenoxy) is 1. The highest BCUT2D eigenvalue weighted by Gasteiger charge is 2.62. The van der Waals surface area contributed by atoms with E-state index in [1.54, 1.807) is 12.2 Å².